The van der Waals surface area contributed by atoms with Crippen molar-refractivity contribution in [1.29, 1.82) is 0 Å². The quantitative estimate of drug-likeness (QED) is 0.574. The van der Waals surface area contributed by atoms with E-state index in [1.54, 1.807) is 0 Å². The average molecular weight is 184 g/mol. The molecule has 0 radical (unpaired) electrons. The molecule has 0 saturated carbocycles. The lowest BCUT2D eigenvalue weighted by molar-refractivity contribution is 0.975. The minimum atomic E-state index is 1.18. The van der Waals surface area contributed by atoms with E-state index in [0.717, 1.165) is 0 Å². The standard InChI is InChI=1S/C14H16/c1-2-5-9-13(10-6-3-1)14-11-7-4-8-12-14/h1-2,4,7-8,10-12H,3,5-6,9H2/b2-1?,13-10+. The highest BCUT2D eigenvalue weighted by atomic mass is 14.1. The third-order valence-electron chi connectivity index (χ3n) is 2.62. The zero-order valence-electron chi connectivity index (χ0n) is 8.45. The Kier molecular flexibility index (Phi) is 3.18. The number of hydrogen-bond donors (Lipinski definition) is 0. The van der Waals surface area contributed by atoms with Crippen molar-refractivity contribution in [2.75, 3.05) is 0 Å². The Labute approximate surface area is 86.0 Å². The molecule has 0 bridgehead atoms. The van der Waals surface area contributed by atoms with Crippen LogP contribution in [0, 0.1) is 0 Å². The second-order valence-electron chi connectivity index (χ2n) is 3.68. The Morgan fingerprint density at radius 1 is 0.786 bits per heavy atom. The van der Waals surface area contributed by atoms with Crippen LogP contribution in [0.3, 0.4) is 0 Å². The molecule has 0 aliphatic heterocycles. The number of benzene rings is 1. The monoisotopic (exact) mass is 184 g/mol. The number of rotatable bonds is 1. The molecule has 1 aromatic carbocycles. The van der Waals surface area contributed by atoms with Gasteiger partial charge >= 0.3 is 0 Å². The first-order chi connectivity index (χ1) is 6.97. The molecule has 0 N–H and O–H groups in total. The minimum absolute atomic E-state index is 1.18. The smallest absolute Gasteiger partial charge is 0.0228 e. The topological polar surface area (TPSA) is 0 Å². The molecular formula is C14H16. The Morgan fingerprint density at radius 3 is 2.43 bits per heavy atom. The lowest BCUT2D eigenvalue weighted by atomic mass is 9.98. The summed E-state index contributed by atoms with van der Waals surface area (Å²) in [4.78, 5) is 0. The third-order valence-corrected chi connectivity index (χ3v) is 2.62. The van der Waals surface area contributed by atoms with Crippen molar-refractivity contribution in [1.82, 2.24) is 0 Å². The molecule has 0 fully saturated rings. The first-order valence-electron chi connectivity index (χ1n) is 5.36. The second-order valence-corrected chi connectivity index (χ2v) is 3.68. The van der Waals surface area contributed by atoms with Crippen LogP contribution in [-0.4, -0.2) is 0 Å². The van der Waals surface area contributed by atoms with E-state index in [0.29, 0.717) is 0 Å². The van der Waals surface area contributed by atoms with Crippen LogP contribution >= 0.6 is 0 Å². The second kappa shape index (κ2) is 4.80. The van der Waals surface area contributed by atoms with Gasteiger partial charge in [-0.05, 0) is 36.8 Å². The third kappa shape index (κ3) is 2.35. The maximum Gasteiger partial charge on any atom is -0.0228 e. The van der Waals surface area contributed by atoms with E-state index in [2.05, 4.69) is 48.6 Å². The van der Waals surface area contributed by atoms with E-state index in [9.17, 15) is 0 Å². The van der Waals surface area contributed by atoms with E-state index in [1.165, 1.54) is 36.8 Å². The van der Waals surface area contributed by atoms with Crippen LogP contribution in [0.2, 0.25) is 0 Å². The van der Waals surface area contributed by atoms with Gasteiger partial charge in [-0.15, -0.1) is 0 Å². The minimum Gasteiger partial charge on any atom is -0.0882 e. The molecule has 0 heterocycles. The lowest BCUT2D eigenvalue weighted by Crippen LogP contribution is -1.86. The SMILES string of the molecule is C1=CCC/C(c2ccccc2)=C\CC1. The summed E-state index contributed by atoms with van der Waals surface area (Å²) < 4.78 is 0. The highest BCUT2D eigenvalue weighted by Gasteiger charge is 2.00. The van der Waals surface area contributed by atoms with Gasteiger partial charge in [-0.25, -0.2) is 0 Å². The molecule has 0 nitrogen and oxygen atoms in total. The zero-order valence-corrected chi connectivity index (χ0v) is 8.45. The van der Waals surface area contributed by atoms with Crippen LogP contribution in [0.1, 0.15) is 31.2 Å². The fourth-order valence-corrected chi connectivity index (χ4v) is 1.84. The molecule has 1 aliphatic carbocycles. The summed E-state index contributed by atoms with van der Waals surface area (Å²) in [6.45, 7) is 0. The van der Waals surface area contributed by atoms with Crippen LogP contribution in [0.15, 0.2) is 48.6 Å². The van der Waals surface area contributed by atoms with Gasteiger partial charge in [-0.3, -0.25) is 0 Å². The molecule has 0 atom stereocenters. The van der Waals surface area contributed by atoms with Crippen molar-refractivity contribution in [2.24, 2.45) is 0 Å². The Bertz CT molecular complexity index is 330. The molecule has 0 saturated heterocycles. The molecule has 2 rings (SSSR count). The Hall–Kier alpha value is -1.30. The van der Waals surface area contributed by atoms with E-state index in [4.69, 9.17) is 0 Å². The summed E-state index contributed by atoms with van der Waals surface area (Å²) in [6, 6.07) is 10.7. The highest BCUT2D eigenvalue weighted by molar-refractivity contribution is 5.65. The molecule has 1 aromatic rings. The molecule has 0 spiro atoms. The van der Waals surface area contributed by atoms with Crippen LogP contribution in [0.5, 0.6) is 0 Å². The van der Waals surface area contributed by atoms with Gasteiger partial charge in [-0.2, -0.15) is 0 Å². The fraction of sp³-hybridized carbons (Fsp3) is 0.286. The maximum absolute atomic E-state index is 2.39. The Morgan fingerprint density at radius 2 is 1.57 bits per heavy atom. The molecule has 0 amide bonds. The fourth-order valence-electron chi connectivity index (χ4n) is 1.84. The van der Waals surface area contributed by atoms with E-state index in [1.807, 2.05) is 0 Å². The first-order valence-corrected chi connectivity index (χ1v) is 5.36. The van der Waals surface area contributed by atoms with Crippen molar-refractivity contribution < 1.29 is 0 Å². The summed E-state index contributed by atoms with van der Waals surface area (Å²) >= 11 is 0. The molecule has 1 aliphatic rings. The van der Waals surface area contributed by atoms with Gasteiger partial charge in [0.05, 0.1) is 0 Å². The van der Waals surface area contributed by atoms with Crippen LogP contribution in [-0.2, 0) is 0 Å². The van der Waals surface area contributed by atoms with Crippen LogP contribution < -0.4 is 0 Å². The molecule has 0 aromatic heterocycles. The largest absolute Gasteiger partial charge is 0.0882 e. The zero-order chi connectivity index (χ0) is 9.64. The summed E-state index contributed by atoms with van der Waals surface area (Å²) in [5.41, 5.74) is 2.90. The predicted octanol–water partition coefficient (Wildman–Crippen LogP) is 4.20. The van der Waals surface area contributed by atoms with Gasteiger partial charge in [0.25, 0.3) is 0 Å². The van der Waals surface area contributed by atoms with Crippen molar-refractivity contribution in [3.05, 3.63) is 54.1 Å². The summed E-state index contributed by atoms with van der Waals surface area (Å²) in [5.74, 6) is 0. The maximum atomic E-state index is 2.39. The summed E-state index contributed by atoms with van der Waals surface area (Å²) in [5, 5.41) is 0. The molecular weight excluding hydrogens is 168 g/mol. The van der Waals surface area contributed by atoms with E-state index >= 15 is 0 Å². The van der Waals surface area contributed by atoms with Gasteiger partial charge < -0.3 is 0 Å². The van der Waals surface area contributed by atoms with Crippen molar-refractivity contribution in [3.63, 3.8) is 0 Å². The van der Waals surface area contributed by atoms with Gasteiger partial charge in [0.15, 0.2) is 0 Å². The summed E-state index contributed by atoms with van der Waals surface area (Å²) in [7, 11) is 0. The predicted molar refractivity (Wildman–Crippen MR) is 62.0 cm³/mol. The van der Waals surface area contributed by atoms with Crippen molar-refractivity contribution in [3.8, 4) is 0 Å². The van der Waals surface area contributed by atoms with Crippen molar-refractivity contribution in [2.45, 2.75) is 25.7 Å². The van der Waals surface area contributed by atoms with Crippen LogP contribution in [0.4, 0.5) is 0 Å². The molecule has 72 valence electrons. The van der Waals surface area contributed by atoms with E-state index in [-0.39, 0.29) is 0 Å². The van der Waals surface area contributed by atoms with Crippen molar-refractivity contribution >= 4 is 5.57 Å². The molecule has 14 heavy (non-hydrogen) atoms. The Balaban J connectivity index is 2.17. The average Bonchev–Trinajstić information content (AvgIpc) is 2.18. The van der Waals surface area contributed by atoms with Crippen LogP contribution in [0.25, 0.3) is 5.57 Å². The molecule has 0 heteroatoms. The normalized spacial score (nSPS) is 20.7. The molecule has 0 unspecified atom stereocenters. The number of hydrogen-bond acceptors (Lipinski definition) is 0. The van der Waals surface area contributed by atoms with Gasteiger partial charge in [-0.1, -0.05) is 48.6 Å². The van der Waals surface area contributed by atoms with E-state index < -0.39 is 0 Å². The van der Waals surface area contributed by atoms with Gasteiger partial charge in [0, 0.05) is 0 Å². The summed E-state index contributed by atoms with van der Waals surface area (Å²) in [6.07, 6.45) is 11.7. The number of allylic oxidation sites excluding steroid dienone is 4. The van der Waals surface area contributed by atoms with Gasteiger partial charge in [0.2, 0.25) is 0 Å². The lowest BCUT2D eigenvalue weighted by Gasteiger charge is -2.08. The first kappa shape index (κ1) is 9.26. The van der Waals surface area contributed by atoms with Gasteiger partial charge in [0.1, 0.15) is 0 Å². The highest BCUT2D eigenvalue weighted by Crippen LogP contribution is 2.22.